The first-order chi connectivity index (χ1) is 7.22. The minimum absolute atomic E-state index is 0.283. The van der Waals surface area contributed by atoms with Crippen molar-refractivity contribution in [1.29, 1.82) is 0 Å². The highest BCUT2D eigenvalue weighted by atomic mass is 16.2. The van der Waals surface area contributed by atoms with Gasteiger partial charge >= 0.3 is 0 Å². The second-order valence-electron chi connectivity index (χ2n) is 4.64. The third kappa shape index (κ3) is 2.16. The molecule has 0 spiro atoms. The highest BCUT2D eigenvalue weighted by Gasteiger charge is 2.35. The van der Waals surface area contributed by atoms with Crippen LogP contribution in [-0.4, -0.2) is 54.6 Å². The lowest BCUT2D eigenvalue weighted by Crippen LogP contribution is -2.49. The van der Waals surface area contributed by atoms with Crippen molar-refractivity contribution in [2.75, 3.05) is 26.7 Å². The number of nitrogens with zero attached hydrogens (tertiary/aromatic N) is 2. The molecule has 1 N–H and O–H groups in total. The Bertz CT molecular complexity index is 236. The molecule has 15 heavy (non-hydrogen) atoms. The summed E-state index contributed by atoms with van der Waals surface area (Å²) in [5, 5.41) is 3.28. The van der Waals surface area contributed by atoms with Gasteiger partial charge in [0, 0.05) is 6.04 Å². The van der Waals surface area contributed by atoms with E-state index in [-0.39, 0.29) is 12.1 Å². The number of likely N-dealkylation sites (tertiary alicyclic amines) is 1. The van der Waals surface area contributed by atoms with Crippen molar-refractivity contribution in [3.63, 3.8) is 0 Å². The van der Waals surface area contributed by atoms with Crippen molar-refractivity contribution in [3.05, 3.63) is 0 Å². The minimum Gasteiger partial charge on any atom is -0.323 e. The van der Waals surface area contributed by atoms with Gasteiger partial charge in [-0.1, -0.05) is 6.92 Å². The van der Waals surface area contributed by atoms with Crippen LogP contribution in [0.2, 0.25) is 0 Å². The average molecular weight is 211 g/mol. The largest absolute Gasteiger partial charge is 0.323 e. The van der Waals surface area contributed by atoms with Crippen LogP contribution in [0.3, 0.4) is 0 Å². The molecule has 2 saturated heterocycles. The molecule has 0 aliphatic carbocycles. The molecule has 2 aliphatic heterocycles. The van der Waals surface area contributed by atoms with Gasteiger partial charge in [0.25, 0.3) is 0 Å². The summed E-state index contributed by atoms with van der Waals surface area (Å²) in [7, 11) is 2.15. The van der Waals surface area contributed by atoms with E-state index in [0.29, 0.717) is 12.6 Å². The van der Waals surface area contributed by atoms with E-state index in [1.54, 1.807) is 0 Å². The summed E-state index contributed by atoms with van der Waals surface area (Å²) in [6, 6.07) is 0.466. The van der Waals surface area contributed by atoms with Gasteiger partial charge in [0.15, 0.2) is 0 Å². The standard InChI is InChI=1S/C11H21N3O/c1-3-10-12-8-11(15)14(10)9-4-6-13(2)7-5-9/h9-10,12H,3-8H2,1-2H3. The van der Waals surface area contributed by atoms with Crippen molar-refractivity contribution in [3.8, 4) is 0 Å². The molecule has 1 unspecified atom stereocenters. The fraction of sp³-hybridized carbons (Fsp3) is 0.909. The molecule has 4 nitrogen and oxygen atoms in total. The van der Waals surface area contributed by atoms with Crippen LogP contribution in [0.5, 0.6) is 0 Å². The van der Waals surface area contributed by atoms with Crippen molar-refractivity contribution < 1.29 is 4.79 Å². The molecule has 2 heterocycles. The number of carbonyl (C=O) groups is 1. The Kier molecular flexibility index (Phi) is 3.26. The average Bonchev–Trinajstić information content (AvgIpc) is 2.61. The van der Waals surface area contributed by atoms with E-state index in [4.69, 9.17) is 0 Å². The van der Waals surface area contributed by atoms with Gasteiger partial charge in [-0.15, -0.1) is 0 Å². The number of hydrogen-bond donors (Lipinski definition) is 1. The molecule has 0 saturated carbocycles. The zero-order valence-electron chi connectivity index (χ0n) is 9.70. The number of amides is 1. The monoisotopic (exact) mass is 211 g/mol. The summed E-state index contributed by atoms with van der Waals surface area (Å²) >= 11 is 0. The van der Waals surface area contributed by atoms with Crippen LogP contribution in [0.1, 0.15) is 26.2 Å². The Morgan fingerprint density at radius 1 is 1.40 bits per heavy atom. The molecular weight excluding hydrogens is 190 g/mol. The number of carbonyl (C=O) groups excluding carboxylic acids is 1. The van der Waals surface area contributed by atoms with E-state index in [2.05, 4.69) is 29.1 Å². The predicted molar refractivity (Wildman–Crippen MR) is 59.4 cm³/mol. The first-order valence-electron chi connectivity index (χ1n) is 5.95. The Morgan fingerprint density at radius 3 is 2.67 bits per heavy atom. The second-order valence-corrected chi connectivity index (χ2v) is 4.64. The fourth-order valence-electron chi connectivity index (χ4n) is 2.64. The maximum atomic E-state index is 11.8. The van der Waals surface area contributed by atoms with E-state index >= 15 is 0 Å². The molecule has 2 rings (SSSR count). The van der Waals surface area contributed by atoms with Gasteiger partial charge in [0.2, 0.25) is 5.91 Å². The van der Waals surface area contributed by atoms with Gasteiger partial charge in [0.1, 0.15) is 0 Å². The maximum absolute atomic E-state index is 11.8. The molecule has 0 bridgehead atoms. The molecule has 1 amide bonds. The van der Waals surface area contributed by atoms with Crippen LogP contribution in [-0.2, 0) is 4.79 Å². The lowest BCUT2D eigenvalue weighted by atomic mass is 10.0. The first-order valence-corrected chi connectivity index (χ1v) is 5.95. The van der Waals surface area contributed by atoms with Crippen LogP contribution in [0.4, 0.5) is 0 Å². The smallest absolute Gasteiger partial charge is 0.238 e. The molecule has 0 aromatic heterocycles. The Balaban J connectivity index is 1.99. The minimum atomic E-state index is 0.283. The quantitative estimate of drug-likeness (QED) is 0.711. The summed E-state index contributed by atoms with van der Waals surface area (Å²) in [6.07, 6.45) is 3.55. The molecule has 4 heteroatoms. The molecule has 0 radical (unpaired) electrons. The molecule has 86 valence electrons. The molecule has 0 aromatic carbocycles. The van der Waals surface area contributed by atoms with Gasteiger partial charge in [-0.2, -0.15) is 0 Å². The van der Waals surface area contributed by atoms with Gasteiger partial charge in [0.05, 0.1) is 12.7 Å². The van der Waals surface area contributed by atoms with E-state index in [1.165, 1.54) is 0 Å². The summed E-state index contributed by atoms with van der Waals surface area (Å²) in [6.45, 7) is 4.90. The summed E-state index contributed by atoms with van der Waals surface area (Å²) < 4.78 is 0. The van der Waals surface area contributed by atoms with Crippen LogP contribution in [0, 0.1) is 0 Å². The number of hydrogen-bond acceptors (Lipinski definition) is 3. The second kappa shape index (κ2) is 4.49. The summed E-state index contributed by atoms with van der Waals surface area (Å²) in [5.74, 6) is 0.288. The van der Waals surface area contributed by atoms with E-state index in [9.17, 15) is 4.79 Å². The number of rotatable bonds is 2. The highest BCUT2D eigenvalue weighted by Crippen LogP contribution is 2.21. The molecule has 2 fully saturated rings. The lowest BCUT2D eigenvalue weighted by molar-refractivity contribution is -0.131. The normalized spacial score (nSPS) is 30.1. The van der Waals surface area contributed by atoms with Crippen LogP contribution in [0.15, 0.2) is 0 Å². The van der Waals surface area contributed by atoms with Crippen molar-refractivity contribution in [2.45, 2.75) is 38.4 Å². The Labute approximate surface area is 91.6 Å². The van der Waals surface area contributed by atoms with E-state index in [1.807, 2.05) is 0 Å². The highest BCUT2D eigenvalue weighted by molar-refractivity contribution is 5.81. The third-order valence-corrected chi connectivity index (χ3v) is 3.58. The maximum Gasteiger partial charge on any atom is 0.238 e. The lowest BCUT2D eigenvalue weighted by Gasteiger charge is -2.37. The predicted octanol–water partition coefficient (Wildman–Crippen LogP) is 0.249. The Morgan fingerprint density at radius 2 is 2.07 bits per heavy atom. The summed E-state index contributed by atoms with van der Waals surface area (Å²) in [5.41, 5.74) is 0. The fourth-order valence-corrected chi connectivity index (χ4v) is 2.64. The topological polar surface area (TPSA) is 35.6 Å². The molecule has 1 atom stereocenters. The van der Waals surface area contributed by atoms with E-state index in [0.717, 1.165) is 32.4 Å². The number of piperidine rings is 1. The van der Waals surface area contributed by atoms with Gasteiger partial charge < -0.3 is 9.80 Å². The van der Waals surface area contributed by atoms with Crippen molar-refractivity contribution >= 4 is 5.91 Å². The van der Waals surface area contributed by atoms with Crippen LogP contribution < -0.4 is 5.32 Å². The molecule has 2 aliphatic rings. The van der Waals surface area contributed by atoms with Gasteiger partial charge in [-0.05, 0) is 39.4 Å². The first kappa shape index (κ1) is 10.9. The third-order valence-electron chi connectivity index (χ3n) is 3.58. The zero-order chi connectivity index (χ0) is 10.8. The van der Waals surface area contributed by atoms with Crippen molar-refractivity contribution in [1.82, 2.24) is 15.1 Å². The Hall–Kier alpha value is -0.610. The number of nitrogens with one attached hydrogen (secondary N) is 1. The molecule has 0 aromatic rings. The molecular formula is C11H21N3O. The van der Waals surface area contributed by atoms with Crippen molar-refractivity contribution in [2.24, 2.45) is 0 Å². The SMILES string of the molecule is CCC1NCC(=O)N1C1CCN(C)CC1. The zero-order valence-corrected chi connectivity index (χ0v) is 9.70. The van der Waals surface area contributed by atoms with Crippen LogP contribution in [0.25, 0.3) is 0 Å². The van der Waals surface area contributed by atoms with Gasteiger partial charge in [-0.25, -0.2) is 0 Å². The van der Waals surface area contributed by atoms with Crippen LogP contribution >= 0.6 is 0 Å². The van der Waals surface area contributed by atoms with Gasteiger partial charge in [-0.3, -0.25) is 10.1 Å². The van der Waals surface area contributed by atoms with E-state index < -0.39 is 0 Å². The summed E-state index contributed by atoms with van der Waals surface area (Å²) in [4.78, 5) is 16.2.